The Morgan fingerprint density at radius 3 is 2.63 bits per heavy atom. The van der Waals surface area contributed by atoms with Gasteiger partial charge < -0.3 is 10.6 Å². The first-order valence-electron chi connectivity index (χ1n) is 7.01. The molecule has 0 saturated heterocycles. The molecule has 3 atom stereocenters. The zero-order valence-electron chi connectivity index (χ0n) is 10.9. The standard InChI is InChI=1S/C15H19ClN2O/c16-13-3-5-14(6-4-13)18-15(19)17-9-12-8-10-1-2-11(12)7-10/h3-6,10-12H,1-2,7-9H2,(H2,17,18,19)/t10-,11-,12-/m1/s1. The van der Waals surface area contributed by atoms with Gasteiger partial charge in [0.05, 0.1) is 0 Å². The molecule has 2 aliphatic carbocycles. The molecule has 2 saturated carbocycles. The van der Waals surface area contributed by atoms with E-state index < -0.39 is 0 Å². The molecular formula is C15H19ClN2O. The van der Waals surface area contributed by atoms with Crippen LogP contribution < -0.4 is 10.6 Å². The number of hydrogen-bond donors (Lipinski definition) is 2. The van der Waals surface area contributed by atoms with E-state index in [1.165, 1.54) is 25.7 Å². The van der Waals surface area contributed by atoms with E-state index in [0.717, 1.165) is 24.1 Å². The van der Waals surface area contributed by atoms with Crippen LogP contribution in [0.5, 0.6) is 0 Å². The molecule has 3 nitrogen and oxygen atoms in total. The normalized spacial score (nSPS) is 28.4. The third-order valence-electron chi connectivity index (χ3n) is 4.51. The van der Waals surface area contributed by atoms with Gasteiger partial charge in [0.15, 0.2) is 0 Å². The first-order valence-corrected chi connectivity index (χ1v) is 7.39. The number of fused-ring (bicyclic) bond motifs is 2. The van der Waals surface area contributed by atoms with E-state index in [2.05, 4.69) is 10.6 Å². The molecule has 2 bridgehead atoms. The topological polar surface area (TPSA) is 41.1 Å². The fourth-order valence-corrected chi connectivity index (χ4v) is 3.68. The Bertz CT molecular complexity index is 460. The Kier molecular flexibility index (Phi) is 3.65. The molecule has 102 valence electrons. The SMILES string of the molecule is O=C(NC[C@H]1C[C@@H]2CC[C@@H]1C2)Nc1ccc(Cl)cc1. The second kappa shape index (κ2) is 5.41. The molecular weight excluding hydrogens is 260 g/mol. The van der Waals surface area contributed by atoms with Crippen LogP contribution in [0.4, 0.5) is 10.5 Å². The summed E-state index contributed by atoms with van der Waals surface area (Å²) in [5.41, 5.74) is 0.773. The number of nitrogens with one attached hydrogen (secondary N) is 2. The maximum atomic E-state index is 11.8. The lowest BCUT2D eigenvalue weighted by molar-refractivity contribution is 0.245. The average Bonchev–Trinajstić information content (AvgIpc) is 3.01. The van der Waals surface area contributed by atoms with Crippen LogP contribution in [0, 0.1) is 17.8 Å². The fraction of sp³-hybridized carbons (Fsp3) is 0.533. The van der Waals surface area contributed by atoms with Crippen LogP contribution in [0.1, 0.15) is 25.7 Å². The van der Waals surface area contributed by atoms with Crippen LogP contribution >= 0.6 is 11.6 Å². The van der Waals surface area contributed by atoms with Gasteiger partial charge in [-0.25, -0.2) is 4.79 Å². The summed E-state index contributed by atoms with van der Waals surface area (Å²) in [4.78, 5) is 11.8. The van der Waals surface area contributed by atoms with Gasteiger partial charge in [0.25, 0.3) is 0 Å². The Hall–Kier alpha value is -1.22. The second-order valence-corrected chi connectivity index (χ2v) is 6.21. The Labute approximate surface area is 118 Å². The van der Waals surface area contributed by atoms with Crippen LogP contribution in [-0.4, -0.2) is 12.6 Å². The molecule has 0 heterocycles. The second-order valence-electron chi connectivity index (χ2n) is 5.78. The summed E-state index contributed by atoms with van der Waals surface area (Å²) >= 11 is 5.80. The van der Waals surface area contributed by atoms with Crippen LogP contribution in [0.3, 0.4) is 0 Å². The lowest BCUT2D eigenvalue weighted by atomic mass is 9.89. The van der Waals surface area contributed by atoms with Crippen molar-refractivity contribution < 1.29 is 4.79 Å². The molecule has 1 aromatic carbocycles. The van der Waals surface area contributed by atoms with Gasteiger partial charge in [-0.1, -0.05) is 18.0 Å². The third-order valence-corrected chi connectivity index (χ3v) is 4.76. The van der Waals surface area contributed by atoms with Gasteiger partial charge in [-0.3, -0.25) is 0 Å². The highest BCUT2D eigenvalue weighted by molar-refractivity contribution is 6.30. The number of urea groups is 1. The average molecular weight is 279 g/mol. The van der Waals surface area contributed by atoms with Crippen molar-refractivity contribution >= 4 is 23.3 Å². The molecule has 2 N–H and O–H groups in total. The summed E-state index contributed by atoms with van der Waals surface area (Å²) in [7, 11) is 0. The van der Waals surface area contributed by atoms with Crippen molar-refractivity contribution in [3.8, 4) is 0 Å². The molecule has 3 rings (SSSR count). The lowest BCUT2D eigenvalue weighted by Crippen LogP contribution is -2.34. The van der Waals surface area contributed by atoms with Gasteiger partial charge in [-0.05, 0) is 61.3 Å². The van der Waals surface area contributed by atoms with Gasteiger partial charge in [0.1, 0.15) is 0 Å². The summed E-state index contributed by atoms with van der Waals surface area (Å²) in [5.74, 6) is 2.46. The number of benzene rings is 1. The van der Waals surface area contributed by atoms with E-state index in [4.69, 9.17) is 11.6 Å². The number of halogens is 1. The molecule has 2 fully saturated rings. The highest BCUT2D eigenvalue weighted by atomic mass is 35.5. The van der Waals surface area contributed by atoms with E-state index in [1.54, 1.807) is 24.3 Å². The smallest absolute Gasteiger partial charge is 0.319 e. The predicted octanol–water partition coefficient (Wildman–Crippen LogP) is 3.90. The first kappa shape index (κ1) is 12.8. The number of carbonyl (C=O) groups excluding carboxylic acids is 1. The number of carbonyl (C=O) groups is 1. The molecule has 0 unspecified atom stereocenters. The fourth-order valence-electron chi connectivity index (χ4n) is 3.56. The van der Waals surface area contributed by atoms with Crippen LogP contribution in [0.15, 0.2) is 24.3 Å². The van der Waals surface area contributed by atoms with Crippen molar-refractivity contribution in [2.75, 3.05) is 11.9 Å². The minimum atomic E-state index is -0.120. The summed E-state index contributed by atoms with van der Waals surface area (Å²) in [6, 6.07) is 7.03. The molecule has 0 spiro atoms. The van der Waals surface area contributed by atoms with Crippen molar-refractivity contribution in [3.05, 3.63) is 29.3 Å². The minimum Gasteiger partial charge on any atom is -0.338 e. The molecule has 19 heavy (non-hydrogen) atoms. The van der Waals surface area contributed by atoms with E-state index in [0.29, 0.717) is 10.9 Å². The zero-order chi connectivity index (χ0) is 13.2. The Morgan fingerprint density at radius 1 is 1.21 bits per heavy atom. The number of hydrogen-bond acceptors (Lipinski definition) is 1. The van der Waals surface area contributed by atoms with E-state index >= 15 is 0 Å². The van der Waals surface area contributed by atoms with Crippen LogP contribution in [0.2, 0.25) is 5.02 Å². The van der Waals surface area contributed by atoms with Crippen molar-refractivity contribution in [1.29, 1.82) is 0 Å². The minimum absolute atomic E-state index is 0.120. The summed E-state index contributed by atoms with van der Waals surface area (Å²) in [6.45, 7) is 0.806. The lowest BCUT2D eigenvalue weighted by Gasteiger charge is -2.21. The molecule has 0 aliphatic heterocycles. The largest absolute Gasteiger partial charge is 0.338 e. The van der Waals surface area contributed by atoms with Crippen molar-refractivity contribution in [2.45, 2.75) is 25.7 Å². The highest BCUT2D eigenvalue weighted by Gasteiger charge is 2.39. The number of rotatable bonds is 3. The highest BCUT2D eigenvalue weighted by Crippen LogP contribution is 2.47. The molecule has 0 aromatic heterocycles. The quantitative estimate of drug-likeness (QED) is 0.865. The van der Waals surface area contributed by atoms with E-state index in [-0.39, 0.29) is 6.03 Å². The van der Waals surface area contributed by atoms with Gasteiger partial charge in [0.2, 0.25) is 0 Å². The van der Waals surface area contributed by atoms with Gasteiger partial charge >= 0.3 is 6.03 Å². The summed E-state index contributed by atoms with van der Waals surface area (Å²) < 4.78 is 0. The predicted molar refractivity (Wildman–Crippen MR) is 77.4 cm³/mol. The number of amides is 2. The van der Waals surface area contributed by atoms with Crippen molar-refractivity contribution in [1.82, 2.24) is 5.32 Å². The van der Waals surface area contributed by atoms with E-state index in [1.807, 2.05) is 0 Å². The van der Waals surface area contributed by atoms with Gasteiger partial charge in [-0.2, -0.15) is 0 Å². The molecule has 4 heteroatoms. The maximum Gasteiger partial charge on any atom is 0.319 e. The third kappa shape index (κ3) is 3.03. The first-order chi connectivity index (χ1) is 9.20. The van der Waals surface area contributed by atoms with Gasteiger partial charge in [-0.15, -0.1) is 0 Å². The summed E-state index contributed by atoms with van der Waals surface area (Å²) in [6.07, 6.45) is 5.44. The van der Waals surface area contributed by atoms with Crippen LogP contribution in [-0.2, 0) is 0 Å². The molecule has 1 aromatic rings. The molecule has 0 radical (unpaired) electrons. The number of anilines is 1. The van der Waals surface area contributed by atoms with Crippen LogP contribution in [0.25, 0.3) is 0 Å². The maximum absolute atomic E-state index is 11.8. The molecule has 2 aliphatic rings. The molecule has 2 amide bonds. The van der Waals surface area contributed by atoms with E-state index in [9.17, 15) is 4.79 Å². The monoisotopic (exact) mass is 278 g/mol. The Morgan fingerprint density at radius 2 is 2.00 bits per heavy atom. The van der Waals surface area contributed by atoms with Crippen molar-refractivity contribution in [3.63, 3.8) is 0 Å². The van der Waals surface area contributed by atoms with Gasteiger partial charge in [0, 0.05) is 17.3 Å². The Balaban J connectivity index is 1.45. The zero-order valence-corrected chi connectivity index (χ0v) is 11.6. The van der Waals surface area contributed by atoms with Crippen molar-refractivity contribution in [2.24, 2.45) is 17.8 Å². The summed E-state index contributed by atoms with van der Waals surface area (Å²) in [5, 5.41) is 6.49.